The van der Waals surface area contributed by atoms with Crippen LogP contribution in [0.2, 0.25) is 0 Å². The van der Waals surface area contributed by atoms with E-state index in [9.17, 15) is 19.3 Å². The highest BCUT2D eigenvalue weighted by Gasteiger charge is 2.63. The molecule has 15 heteroatoms. The van der Waals surface area contributed by atoms with Crippen LogP contribution < -0.4 is 15.8 Å². The van der Waals surface area contributed by atoms with Crippen LogP contribution in [0, 0.1) is 6.92 Å². The zero-order chi connectivity index (χ0) is 23.5. The van der Waals surface area contributed by atoms with Crippen molar-refractivity contribution in [1.82, 2.24) is 9.55 Å². The summed E-state index contributed by atoms with van der Waals surface area (Å²) in [6.45, 7) is 1.40. The first kappa shape index (κ1) is 23.1. The molecule has 2 N–H and O–H groups in total. The van der Waals surface area contributed by atoms with Gasteiger partial charge in [-0.25, -0.2) is 13.8 Å². The van der Waals surface area contributed by atoms with Crippen LogP contribution in [-0.2, 0) is 30.6 Å². The Labute approximate surface area is 184 Å². The van der Waals surface area contributed by atoms with Gasteiger partial charge in [0, 0.05) is 23.7 Å². The first-order valence-electron chi connectivity index (χ1n) is 9.92. The van der Waals surface area contributed by atoms with Crippen molar-refractivity contribution in [3.63, 3.8) is 0 Å². The fourth-order valence-electron chi connectivity index (χ4n) is 3.75. The minimum atomic E-state index is -4.24. The first-order valence-corrected chi connectivity index (χ1v) is 11.4. The minimum Gasteiger partial charge on any atom is -0.404 e. The molecule has 1 unspecified atom stereocenters. The van der Waals surface area contributed by atoms with Gasteiger partial charge in [0.1, 0.15) is 27.1 Å². The Balaban J connectivity index is 1.63. The van der Waals surface area contributed by atoms with Crippen LogP contribution in [0.1, 0.15) is 17.5 Å². The van der Waals surface area contributed by atoms with Gasteiger partial charge >= 0.3 is 13.5 Å². The van der Waals surface area contributed by atoms with E-state index < -0.39 is 48.5 Å². The monoisotopic (exact) mass is 464 g/mol. The molecule has 3 heterocycles. The maximum Gasteiger partial charge on any atom is 0.529 e. The number of aliphatic hydroxyl groups is 1. The maximum absolute atomic E-state index is 16.1. The summed E-state index contributed by atoms with van der Waals surface area (Å²) in [5.41, 5.74) is -2.55. The van der Waals surface area contributed by atoms with Crippen molar-refractivity contribution in [3.8, 4) is 5.75 Å². The van der Waals surface area contributed by atoms with Crippen LogP contribution in [-0.4, -0.2) is 55.6 Å². The number of fused-ring (bicyclic) bond motifs is 1. The number of halogens is 1. The highest BCUT2D eigenvalue weighted by Crippen LogP contribution is 2.59. The predicted octanol–water partition coefficient (Wildman–Crippen LogP) is -1.81. The largest absolute Gasteiger partial charge is 0.529 e. The number of nitrogens with one attached hydrogen (secondary N) is 1. The number of nitrogens with zero attached hydrogens (tertiary/aromatic N) is 1. The van der Waals surface area contributed by atoms with E-state index in [0.717, 1.165) is 4.57 Å². The lowest BCUT2D eigenvalue weighted by Crippen LogP contribution is -2.56. The highest BCUT2D eigenvalue weighted by molar-refractivity contribution is 7.49. The summed E-state index contributed by atoms with van der Waals surface area (Å²) < 4.78 is 51.9. The van der Waals surface area contributed by atoms with Gasteiger partial charge in [-0.15, -0.1) is 0 Å². The molecule has 168 valence electrons. The fourth-order valence-corrected chi connectivity index (χ4v) is 5.30. The van der Waals surface area contributed by atoms with Crippen LogP contribution in [0.15, 0.2) is 40.1 Å². The number of alkyl halides is 1. The van der Waals surface area contributed by atoms with Crippen LogP contribution in [0.3, 0.4) is 0 Å². The van der Waals surface area contributed by atoms with Gasteiger partial charge in [0.2, 0.25) is 5.85 Å². The summed E-state index contributed by atoms with van der Waals surface area (Å²) in [7, 11) is -0.378. The Morgan fingerprint density at radius 3 is 2.78 bits per heavy atom. The number of para-hydroxylation sites is 1. The molecule has 2 aliphatic heterocycles. The number of phosphoric acid groups is 1. The van der Waals surface area contributed by atoms with E-state index in [4.69, 9.17) is 18.3 Å². The summed E-state index contributed by atoms with van der Waals surface area (Å²) in [4.78, 5) is 26.2. The summed E-state index contributed by atoms with van der Waals surface area (Å²) >= 11 is 0. The summed E-state index contributed by atoms with van der Waals surface area (Å²) in [6, 6.07) is 6.76. The second-order valence-corrected chi connectivity index (χ2v) is 10.1. The Morgan fingerprint density at radius 2 is 2.06 bits per heavy atom. The van der Waals surface area contributed by atoms with Gasteiger partial charge in [-0.2, -0.15) is 0 Å². The molecule has 2 aromatic rings. The number of aliphatic hydroxyl groups excluding tert-OH is 1. The van der Waals surface area contributed by atoms with Crippen molar-refractivity contribution >= 4 is 31.4 Å². The van der Waals surface area contributed by atoms with Crippen LogP contribution >= 0.6 is 7.82 Å². The van der Waals surface area contributed by atoms with E-state index in [-0.39, 0.29) is 12.2 Å². The molecule has 2 aliphatic rings. The van der Waals surface area contributed by atoms with Crippen LogP contribution in [0.4, 0.5) is 4.39 Å². The number of aryl methyl sites for hydroxylation is 1. The molecule has 0 radical (unpaired) electrons. The number of hydrogen-bond donors (Lipinski definition) is 2. The standard InChI is InChI=1S/C17H21B3FN2O8P/c1-9-7-23(14(26)22-13(9)25)16(18)12(24)6-15(21,30-16)17(19,20)31-32(27)28-8-10-4-2-3-5-11(10)29-32/h2-5,7,12,24H,6,8,18-20H2,1H3,(H,22,25,26)/t12-,15+,16+,32?/m1/s1. The van der Waals surface area contributed by atoms with Crippen molar-refractivity contribution in [1.29, 1.82) is 0 Å². The van der Waals surface area contributed by atoms with Crippen molar-refractivity contribution in [2.24, 2.45) is 0 Å². The van der Waals surface area contributed by atoms with Gasteiger partial charge in [-0.3, -0.25) is 23.4 Å². The molecular formula is C17H21B3FN2O8P. The molecular weight excluding hydrogens is 443 g/mol. The minimum absolute atomic E-state index is 0.0595. The average molecular weight is 464 g/mol. The van der Waals surface area contributed by atoms with E-state index >= 15 is 4.39 Å². The third-order valence-electron chi connectivity index (χ3n) is 5.84. The third-order valence-corrected chi connectivity index (χ3v) is 7.39. The second kappa shape index (κ2) is 7.46. The zero-order valence-corrected chi connectivity index (χ0v) is 18.9. The number of aromatic amines is 1. The van der Waals surface area contributed by atoms with Gasteiger partial charge < -0.3 is 14.4 Å². The van der Waals surface area contributed by atoms with Crippen molar-refractivity contribution < 1.29 is 32.4 Å². The normalized spacial score (nSPS) is 32.3. The average Bonchev–Trinajstić information content (AvgIpc) is 2.94. The number of phosphoric ester groups is 1. The molecule has 0 bridgehead atoms. The zero-order valence-electron chi connectivity index (χ0n) is 18.0. The van der Waals surface area contributed by atoms with Crippen LogP contribution in [0.5, 0.6) is 5.75 Å². The van der Waals surface area contributed by atoms with Gasteiger partial charge in [0.25, 0.3) is 5.56 Å². The number of benzene rings is 1. The molecule has 0 amide bonds. The molecule has 1 saturated heterocycles. The topological polar surface area (TPSA) is 129 Å². The molecule has 1 aromatic carbocycles. The number of hydrogen-bond acceptors (Lipinski definition) is 8. The second-order valence-electron chi connectivity index (χ2n) is 8.57. The number of ether oxygens (including phenoxy) is 1. The molecule has 4 atom stereocenters. The van der Waals surface area contributed by atoms with Gasteiger partial charge in [-0.05, 0) is 13.0 Å². The first-order chi connectivity index (χ1) is 14.8. The van der Waals surface area contributed by atoms with Gasteiger partial charge in [-0.1, -0.05) is 18.2 Å². The van der Waals surface area contributed by atoms with E-state index in [1.165, 1.54) is 36.7 Å². The Bertz CT molecular complexity index is 1240. The summed E-state index contributed by atoms with van der Waals surface area (Å²) in [5.74, 6) is -2.41. The van der Waals surface area contributed by atoms with Crippen LogP contribution in [0.25, 0.3) is 0 Å². The van der Waals surface area contributed by atoms with Crippen molar-refractivity contribution in [3.05, 3.63) is 62.4 Å². The molecule has 1 aromatic heterocycles. The SMILES string of the molecule is BC(B)(OP1(=O)OCc2ccccc2O1)[C@]1(F)C[C@@H](O)[C@](B)(n2cc(C)c(=O)[nH]c2=O)O1. The van der Waals surface area contributed by atoms with E-state index in [0.29, 0.717) is 11.3 Å². The highest BCUT2D eigenvalue weighted by atomic mass is 31.2. The third kappa shape index (κ3) is 3.70. The number of rotatable bonds is 4. The lowest BCUT2D eigenvalue weighted by atomic mass is 9.60. The molecule has 0 saturated carbocycles. The predicted molar refractivity (Wildman–Crippen MR) is 118 cm³/mol. The molecule has 0 aliphatic carbocycles. The molecule has 32 heavy (non-hydrogen) atoms. The summed E-state index contributed by atoms with van der Waals surface area (Å²) in [5, 5.41) is 8.75. The van der Waals surface area contributed by atoms with Crippen molar-refractivity contribution in [2.75, 3.05) is 0 Å². The summed E-state index contributed by atoms with van der Waals surface area (Å²) in [6.07, 6.45) is -0.943. The quantitative estimate of drug-likeness (QED) is 0.401. The van der Waals surface area contributed by atoms with E-state index in [1.807, 2.05) is 0 Å². The Hall–Kier alpha value is -2.11. The Kier molecular flexibility index (Phi) is 5.38. The number of H-pyrrole nitrogens is 1. The lowest BCUT2D eigenvalue weighted by Gasteiger charge is -2.40. The van der Waals surface area contributed by atoms with E-state index in [1.54, 1.807) is 24.3 Å². The van der Waals surface area contributed by atoms with Crippen molar-refractivity contribution in [2.45, 2.75) is 42.9 Å². The van der Waals surface area contributed by atoms with Gasteiger partial charge in [0.05, 0.1) is 18.1 Å². The molecule has 10 nitrogen and oxygen atoms in total. The molecule has 1 fully saturated rings. The smallest absolute Gasteiger partial charge is 0.404 e. The van der Waals surface area contributed by atoms with Gasteiger partial charge in [0.15, 0.2) is 7.85 Å². The Morgan fingerprint density at radius 1 is 1.38 bits per heavy atom. The molecule has 4 rings (SSSR count). The molecule has 0 spiro atoms. The maximum atomic E-state index is 16.1. The van der Waals surface area contributed by atoms with E-state index in [2.05, 4.69) is 4.98 Å². The lowest BCUT2D eigenvalue weighted by molar-refractivity contribution is -0.219. The number of aromatic nitrogens is 2. The fraction of sp³-hybridized carbons (Fsp3) is 0.412.